The summed E-state index contributed by atoms with van der Waals surface area (Å²) in [5.41, 5.74) is 3.45. The first-order valence-corrected chi connectivity index (χ1v) is 19.5. The number of benzene rings is 2. The molecule has 4 N–H and O–H groups in total. The van der Waals surface area contributed by atoms with Crippen LogP contribution in [0.25, 0.3) is 0 Å². The molecule has 0 radical (unpaired) electrons. The molecule has 5 amide bonds. The standard InChI is InChI=1S/C39H51N5O8S/c45-35(12-6-5-11-34-38-32(28-53-34)42-39(48)43-38)41-18-20-50-22-24-52-26-25-51-23-21-49-19-16-36(46)40-17-15-37(47)44-27-31-9-2-1-7-29(31)13-14-30-8-3-4-10-33(30)44/h1-4,7-10,32,34,38H,5-6,11-12,15-28H2,(H,40,46)(H,41,45)(H2,42,43,48)/t32-,34-,38-/m1/s1. The van der Waals surface area contributed by atoms with Crippen LogP contribution in [0, 0.1) is 11.8 Å². The molecule has 0 saturated carbocycles. The maximum Gasteiger partial charge on any atom is 0.315 e. The Balaban J connectivity index is 0.786. The number of fused-ring (bicyclic) bond motifs is 3. The van der Waals surface area contributed by atoms with Gasteiger partial charge in [0, 0.05) is 54.5 Å². The Bertz CT molecular complexity index is 1580. The Morgan fingerprint density at radius 3 is 2.17 bits per heavy atom. The van der Waals surface area contributed by atoms with Crippen molar-refractivity contribution in [1.29, 1.82) is 0 Å². The van der Waals surface area contributed by atoms with Gasteiger partial charge in [-0.25, -0.2) is 4.79 Å². The van der Waals surface area contributed by atoms with E-state index < -0.39 is 0 Å². The lowest BCUT2D eigenvalue weighted by Gasteiger charge is -2.26. The fourth-order valence-electron chi connectivity index (χ4n) is 6.29. The number of nitrogens with zero attached hydrogens (tertiary/aromatic N) is 1. The number of urea groups is 1. The number of para-hydroxylation sites is 1. The Morgan fingerprint density at radius 1 is 0.736 bits per heavy atom. The van der Waals surface area contributed by atoms with E-state index in [1.165, 1.54) is 0 Å². The third-order valence-electron chi connectivity index (χ3n) is 9.07. The number of ether oxygens (including phenoxy) is 4. The summed E-state index contributed by atoms with van der Waals surface area (Å²) in [6.45, 7) is 4.24. The molecule has 0 spiro atoms. The molecule has 3 aliphatic rings. The van der Waals surface area contributed by atoms with Crippen molar-refractivity contribution in [2.24, 2.45) is 0 Å². The number of carbonyl (C=O) groups is 4. The Morgan fingerprint density at radius 2 is 1.38 bits per heavy atom. The van der Waals surface area contributed by atoms with Crippen LogP contribution in [0.1, 0.15) is 55.2 Å². The molecule has 2 aromatic rings. The van der Waals surface area contributed by atoms with Gasteiger partial charge >= 0.3 is 6.03 Å². The number of amides is 5. The van der Waals surface area contributed by atoms with Gasteiger partial charge in [-0.1, -0.05) is 48.6 Å². The summed E-state index contributed by atoms with van der Waals surface area (Å²) in [5.74, 6) is 7.13. The predicted molar refractivity (Wildman–Crippen MR) is 203 cm³/mol. The van der Waals surface area contributed by atoms with Crippen LogP contribution in [0.5, 0.6) is 0 Å². The molecule has 0 unspecified atom stereocenters. The van der Waals surface area contributed by atoms with Crippen molar-refractivity contribution >= 4 is 41.2 Å². The van der Waals surface area contributed by atoms with Crippen molar-refractivity contribution in [3.05, 3.63) is 65.2 Å². The summed E-state index contributed by atoms with van der Waals surface area (Å²) < 4.78 is 22.0. The van der Waals surface area contributed by atoms with Gasteiger partial charge in [0.1, 0.15) is 0 Å². The van der Waals surface area contributed by atoms with E-state index in [9.17, 15) is 19.2 Å². The molecule has 5 rings (SSSR count). The third kappa shape index (κ3) is 13.3. The lowest BCUT2D eigenvalue weighted by atomic mass is 10.0. The highest BCUT2D eigenvalue weighted by molar-refractivity contribution is 8.00. The smallest absolute Gasteiger partial charge is 0.315 e. The van der Waals surface area contributed by atoms with Crippen molar-refractivity contribution in [3.63, 3.8) is 0 Å². The van der Waals surface area contributed by atoms with E-state index >= 15 is 0 Å². The number of carbonyl (C=O) groups excluding carboxylic acids is 4. The molecular weight excluding hydrogens is 699 g/mol. The van der Waals surface area contributed by atoms with Crippen LogP contribution in [-0.4, -0.2) is 113 Å². The van der Waals surface area contributed by atoms with Crippen LogP contribution in [-0.2, 0) is 39.9 Å². The number of anilines is 1. The van der Waals surface area contributed by atoms with Gasteiger partial charge in [-0.3, -0.25) is 14.4 Å². The average molecular weight is 750 g/mol. The average Bonchev–Trinajstić information content (AvgIpc) is 3.71. The molecule has 3 atom stereocenters. The van der Waals surface area contributed by atoms with E-state index in [0.717, 1.165) is 47.4 Å². The van der Waals surface area contributed by atoms with Crippen LogP contribution >= 0.6 is 11.8 Å². The van der Waals surface area contributed by atoms with Gasteiger partial charge in [0.25, 0.3) is 0 Å². The monoisotopic (exact) mass is 749 g/mol. The highest BCUT2D eigenvalue weighted by Gasteiger charge is 2.42. The summed E-state index contributed by atoms with van der Waals surface area (Å²) in [4.78, 5) is 50.9. The molecule has 53 heavy (non-hydrogen) atoms. The number of hydrogen-bond donors (Lipinski definition) is 4. The molecule has 0 aliphatic carbocycles. The molecule has 2 aromatic carbocycles. The molecule has 2 fully saturated rings. The first kappa shape index (κ1) is 40.1. The fourth-order valence-corrected chi connectivity index (χ4v) is 7.84. The van der Waals surface area contributed by atoms with Crippen LogP contribution in [0.2, 0.25) is 0 Å². The normalized spacial score (nSPS) is 18.3. The van der Waals surface area contributed by atoms with E-state index in [1.807, 2.05) is 60.3 Å². The summed E-state index contributed by atoms with van der Waals surface area (Å²) in [6, 6.07) is 15.8. The van der Waals surface area contributed by atoms with Crippen LogP contribution < -0.4 is 26.2 Å². The molecule has 3 heterocycles. The van der Waals surface area contributed by atoms with Crippen molar-refractivity contribution in [1.82, 2.24) is 21.3 Å². The molecule has 14 heteroatoms. The Kier molecular flexibility index (Phi) is 16.8. The van der Waals surface area contributed by atoms with Gasteiger partial charge in [0.2, 0.25) is 17.7 Å². The van der Waals surface area contributed by atoms with Crippen LogP contribution in [0.4, 0.5) is 10.5 Å². The van der Waals surface area contributed by atoms with Gasteiger partial charge < -0.3 is 45.1 Å². The summed E-state index contributed by atoms with van der Waals surface area (Å²) in [5, 5.41) is 12.1. The van der Waals surface area contributed by atoms with Gasteiger partial charge in [-0.15, -0.1) is 0 Å². The highest BCUT2D eigenvalue weighted by Crippen LogP contribution is 2.33. The van der Waals surface area contributed by atoms with Gasteiger partial charge in [-0.2, -0.15) is 11.8 Å². The zero-order chi connectivity index (χ0) is 37.1. The minimum absolute atomic E-state index is 0.0276. The summed E-state index contributed by atoms with van der Waals surface area (Å²) in [7, 11) is 0. The van der Waals surface area contributed by atoms with Crippen molar-refractivity contribution in [2.45, 2.75) is 62.4 Å². The first-order valence-electron chi connectivity index (χ1n) is 18.5. The lowest BCUT2D eigenvalue weighted by Crippen LogP contribution is -2.36. The molecule has 2 saturated heterocycles. The molecule has 286 valence electrons. The van der Waals surface area contributed by atoms with Crippen LogP contribution in [0.3, 0.4) is 0 Å². The molecular formula is C39H51N5O8S. The SMILES string of the molecule is O=C(CCCC[C@H]1SC[C@H]2NC(=O)N[C@H]21)NCCOCCOCCOCCOCCC(=O)NCCC(=O)N1Cc2ccccc2C#Cc2ccccc21. The highest BCUT2D eigenvalue weighted by atomic mass is 32.2. The number of hydrogen-bond acceptors (Lipinski definition) is 9. The minimum atomic E-state index is -0.177. The quantitative estimate of drug-likeness (QED) is 0.0763. The topological polar surface area (TPSA) is 157 Å². The van der Waals surface area contributed by atoms with Crippen molar-refractivity contribution in [3.8, 4) is 11.8 Å². The summed E-state index contributed by atoms with van der Waals surface area (Å²) >= 11 is 1.89. The van der Waals surface area contributed by atoms with Gasteiger partial charge in [0.15, 0.2) is 0 Å². The minimum Gasteiger partial charge on any atom is -0.379 e. The zero-order valence-electron chi connectivity index (χ0n) is 30.2. The zero-order valence-corrected chi connectivity index (χ0v) is 31.0. The van der Waals surface area contributed by atoms with E-state index in [-0.39, 0.29) is 61.8 Å². The number of unbranched alkanes of at least 4 members (excludes halogenated alkanes) is 1. The van der Waals surface area contributed by atoms with E-state index in [2.05, 4.69) is 33.1 Å². The molecule has 3 aliphatic heterocycles. The van der Waals surface area contributed by atoms with Gasteiger partial charge in [-0.05, 0) is 36.6 Å². The largest absolute Gasteiger partial charge is 0.379 e. The van der Waals surface area contributed by atoms with E-state index in [1.54, 1.807) is 4.90 Å². The van der Waals surface area contributed by atoms with Crippen LogP contribution in [0.15, 0.2) is 48.5 Å². The predicted octanol–water partition coefficient (Wildman–Crippen LogP) is 2.74. The molecule has 13 nitrogen and oxygen atoms in total. The van der Waals surface area contributed by atoms with Crippen molar-refractivity contribution < 1.29 is 38.1 Å². The second-order valence-corrected chi connectivity index (χ2v) is 14.2. The number of nitrogens with one attached hydrogen (secondary N) is 4. The summed E-state index contributed by atoms with van der Waals surface area (Å²) in [6.07, 6.45) is 3.64. The van der Waals surface area contributed by atoms with Gasteiger partial charge in [0.05, 0.1) is 77.2 Å². The Hall–Kier alpha value is -4.13. The maximum atomic E-state index is 13.3. The fraction of sp³-hybridized carbons (Fsp3) is 0.538. The molecule has 0 bridgehead atoms. The number of thioether (sulfide) groups is 1. The number of rotatable bonds is 23. The third-order valence-corrected chi connectivity index (χ3v) is 10.6. The lowest BCUT2D eigenvalue weighted by molar-refractivity contribution is -0.123. The van der Waals surface area contributed by atoms with E-state index in [0.29, 0.717) is 71.0 Å². The van der Waals surface area contributed by atoms with Crippen molar-refractivity contribution in [2.75, 3.05) is 76.6 Å². The second kappa shape index (κ2) is 22.2. The molecule has 0 aromatic heterocycles. The second-order valence-electron chi connectivity index (χ2n) is 12.9. The first-order chi connectivity index (χ1) is 26.0. The maximum absolute atomic E-state index is 13.3. The Labute approximate surface area is 316 Å². The van der Waals surface area contributed by atoms with E-state index in [4.69, 9.17) is 18.9 Å².